The molecule has 2 rings (SSSR count). The van der Waals surface area contributed by atoms with Gasteiger partial charge in [-0.3, -0.25) is 0 Å². The molecule has 1 heterocycles. The zero-order valence-corrected chi connectivity index (χ0v) is 12.7. The summed E-state index contributed by atoms with van der Waals surface area (Å²) in [5.41, 5.74) is 1.10. The molecule has 0 bridgehead atoms. The van der Waals surface area contributed by atoms with E-state index >= 15 is 0 Å². The molecule has 0 atom stereocenters. The highest BCUT2D eigenvalue weighted by Crippen LogP contribution is 2.29. The van der Waals surface area contributed by atoms with Gasteiger partial charge in [0.15, 0.2) is 0 Å². The van der Waals surface area contributed by atoms with Crippen molar-refractivity contribution >= 4 is 22.9 Å². The molecule has 0 aliphatic carbocycles. The smallest absolute Gasteiger partial charge is 0.142 e. The van der Waals surface area contributed by atoms with Crippen molar-refractivity contribution in [3.63, 3.8) is 0 Å². The number of para-hydroxylation sites is 1. The molecular weight excluding hydrogens is 278 g/mol. The van der Waals surface area contributed by atoms with Crippen molar-refractivity contribution in [3.8, 4) is 5.75 Å². The maximum absolute atomic E-state index is 6.24. The topological polar surface area (TPSA) is 21.3 Å². The lowest BCUT2D eigenvalue weighted by Gasteiger charge is -2.14. The maximum Gasteiger partial charge on any atom is 0.142 e. The first kappa shape index (κ1) is 14.4. The van der Waals surface area contributed by atoms with E-state index in [1.807, 2.05) is 29.6 Å². The van der Waals surface area contributed by atoms with Crippen molar-refractivity contribution in [2.24, 2.45) is 0 Å². The number of halogens is 1. The first-order valence-corrected chi connectivity index (χ1v) is 7.58. The Bertz CT molecular complexity index is 511. The van der Waals surface area contributed by atoms with E-state index in [0.29, 0.717) is 17.7 Å². The Morgan fingerprint density at radius 3 is 2.79 bits per heavy atom. The van der Waals surface area contributed by atoms with Crippen molar-refractivity contribution in [1.29, 1.82) is 0 Å². The predicted molar refractivity (Wildman–Crippen MR) is 82.1 cm³/mol. The summed E-state index contributed by atoms with van der Waals surface area (Å²) < 4.78 is 5.88. The molecule has 2 nitrogen and oxygen atoms in total. The van der Waals surface area contributed by atoms with Crippen LogP contribution in [-0.4, -0.2) is 6.04 Å². The van der Waals surface area contributed by atoms with E-state index in [-0.39, 0.29) is 0 Å². The summed E-state index contributed by atoms with van der Waals surface area (Å²) >= 11 is 7.92. The summed E-state index contributed by atoms with van der Waals surface area (Å²) in [4.78, 5) is 1.20. The van der Waals surface area contributed by atoms with Gasteiger partial charge in [0.25, 0.3) is 0 Å². The van der Waals surface area contributed by atoms with Crippen LogP contribution in [0.3, 0.4) is 0 Å². The van der Waals surface area contributed by atoms with Crippen molar-refractivity contribution < 1.29 is 4.74 Å². The average molecular weight is 296 g/mol. The highest BCUT2D eigenvalue weighted by molar-refractivity contribution is 7.09. The van der Waals surface area contributed by atoms with Crippen molar-refractivity contribution in [1.82, 2.24) is 5.32 Å². The van der Waals surface area contributed by atoms with Crippen LogP contribution in [0.4, 0.5) is 0 Å². The van der Waals surface area contributed by atoms with Gasteiger partial charge in [-0.25, -0.2) is 0 Å². The minimum absolute atomic E-state index is 0.434. The molecule has 1 N–H and O–H groups in total. The number of thiophene rings is 1. The van der Waals surface area contributed by atoms with Crippen LogP contribution in [0.2, 0.25) is 5.02 Å². The Morgan fingerprint density at radius 1 is 1.26 bits per heavy atom. The monoisotopic (exact) mass is 295 g/mol. The van der Waals surface area contributed by atoms with E-state index < -0.39 is 0 Å². The lowest BCUT2D eigenvalue weighted by Crippen LogP contribution is -2.22. The summed E-state index contributed by atoms with van der Waals surface area (Å²) in [5.74, 6) is 0.783. The Hall–Kier alpha value is -1.03. The second kappa shape index (κ2) is 6.94. The van der Waals surface area contributed by atoms with Gasteiger partial charge >= 0.3 is 0 Å². The molecule has 2 aromatic rings. The third-order valence-electron chi connectivity index (χ3n) is 2.69. The van der Waals surface area contributed by atoms with Gasteiger partial charge in [0.1, 0.15) is 12.4 Å². The third-order valence-corrected chi connectivity index (χ3v) is 3.84. The molecule has 0 fully saturated rings. The van der Waals surface area contributed by atoms with E-state index in [9.17, 15) is 0 Å². The fraction of sp³-hybridized carbons (Fsp3) is 0.333. The SMILES string of the molecule is CC(C)NCc1cccc(Cl)c1OCc1cccs1. The molecule has 1 aromatic carbocycles. The van der Waals surface area contributed by atoms with Crippen LogP contribution in [0, 0.1) is 0 Å². The molecule has 4 heteroatoms. The zero-order valence-electron chi connectivity index (χ0n) is 11.2. The number of ether oxygens (including phenoxy) is 1. The highest BCUT2D eigenvalue weighted by atomic mass is 35.5. The lowest BCUT2D eigenvalue weighted by molar-refractivity contribution is 0.305. The fourth-order valence-electron chi connectivity index (χ4n) is 1.71. The number of hydrogen-bond donors (Lipinski definition) is 1. The number of hydrogen-bond acceptors (Lipinski definition) is 3. The van der Waals surface area contributed by atoms with E-state index in [0.717, 1.165) is 17.9 Å². The highest BCUT2D eigenvalue weighted by Gasteiger charge is 2.09. The van der Waals surface area contributed by atoms with Crippen LogP contribution < -0.4 is 10.1 Å². The van der Waals surface area contributed by atoms with Crippen molar-refractivity contribution in [3.05, 3.63) is 51.2 Å². The van der Waals surface area contributed by atoms with Gasteiger partial charge in [-0.15, -0.1) is 11.3 Å². The molecule has 0 spiro atoms. The van der Waals surface area contributed by atoms with E-state index in [4.69, 9.17) is 16.3 Å². The van der Waals surface area contributed by atoms with E-state index in [2.05, 4.69) is 25.2 Å². The maximum atomic E-state index is 6.24. The quantitative estimate of drug-likeness (QED) is 0.848. The Balaban J connectivity index is 2.08. The number of benzene rings is 1. The van der Waals surface area contributed by atoms with Crippen LogP contribution in [0.1, 0.15) is 24.3 Å². The normalized spacial score (nSPS) is 10.9. The second-order valence-corrected chi connectivity index (χ2v) is 6.07. The zero-order chi connectivity index (χ0) is 13.7. The summed E-state index contributed by atoms with van der Waals surface area (Å²) in [5, 5.41) is 6.10. The van der Waals surface area contributed by atoms with Crippen LogP contribution in [0.25, 0.3) is 0 Å². The Labute approximate surface area is 123 Å². The van der Waals surface area contributed by atoms with Gasteiger partial charge in [-0.05, 0) is 17.5 Å². The molecule has 0 aliphatic rings. The first-order valence-electron chi connectivity index (χ1n) is 6.33. The van der Waals surface area contributed by atoms with Crippen molar-refractivity contribution in [2.75, 3.05) is 0 Å². The molecule has 19 heavy (non-hydrogen) atoms. The standard InChI is InChI=1S/C15H18ClNOS/c1-11(2)17-9-12-5-3-7-14(16)15(12)18-10-13-6-4-8-19-13/h3-8,11,17H,9-10H2,1-2H3. The summed E-state index contributed by atoms with van der Waals surface area (Å²) in [6.45, 7) is 5.57. The molecule has 0 amide bonds. The molecule has 1 aromatic heterocycles. The van der Waals surface area contributed by atoms with Crippen LogP contribution in [-0.2, 0) is 13.2 Å². The Kier molecular flexibility index (Phi) is 5.25. The molecule has 0 radical (unpaired) electrons. The Morgan fingerprint density at radius 2 is 2.11 bits per heavy atom. The van der Waals surface area contributed by atoms with E-state index in [1.165, 1.54) is 4.88 Å². The predicted octanol–water partition coefficient (Wildman–Crippen LogP) is 4.48. The minimum Gasteiger partial charge on any atom is -0.486 e. The second-order valence-electron chi connectivity index (χ2n) is 4.63. The van der Waals surface area contributed by atoms with Gasteiger partial charge in [0.05, 0.1) is 5.02 Å². The lowest BCUT2D eigenvalue weighted by atomic mass is 10.2. The van der Waals surface area contributed by atoms with Crippen molar-refractivity contribution in [2.45, 2.75) is 33.0 Å². The number of rotatable bonds is 6. The van der Waals surface area contributed by atoms with Gasteiger partial charge in [0, 0.05) is 23.0 Å². The van der Waals surface area contributed by atoms with Crippen LogP contribution in [0.15, 0.2) is 35.7 Å². The summed E-state index contributed by atoms with van der Waals surface area (Å²) in [6.07, 6.45) is 0. The minimum atomic E-state index is 0.434. The van der Waals surface area contributed by atoms with Gasteiger partial charge in [-0.2, -0.15) is 0 Å². The van der Waals surface area contributed by atoms with Crippen LogP contribution in [0.5, 0.6) is 5.75 Å². The van der Waals surface area contributed by atoms with E-state index in [1.54, 1.807) is 11.3 Å². The molecule has 0 aliphatic heterocycles. The number of nitrogens with one attached hydrogen (secondary N) is 1. The largest absolute Gasteiger partial charge is 0.486 e. The van der Waals surface area contributed by atoms with Gasteiger partial charge in [-0.1, -0.05) is 43.6 Å². The molecule has 0 saturated heterocycles. The molecule has 0 unspecified atom stereocenters. The third kappa shape index (κ3) is 4.23. The van der Waals surface area contributed by atoms with Gasteiger partial charge in [0.2, 0.25) is 0 Å². The van der Waals surface area contributed by atoms with Gasteiger partial charge < -0.3 is 10.1 Å². The van der Waals surface area contributed by atoms with Crippen LogP contribution >= 0.6 is 22.9 Å². The summed E-state index contributed by atoms with van der Waals surface area (Å²) in [7, 11) is 0. The average Bonchev–Trinajstić information content (AvgIpc) is 2.88. The molecule has 102 valence electrons. The molecular formula is C15H18ClNOS. The first-order chi connectivity index (χ1) is 9.16. The molecule has 0 saturated carbocycles. The summed E-state index contributed by atoms with van der Waals surface area (Å²) in [6, 6.07) is 10.4. The fourth-order valence-corrected chi connectivity index (χ4v) is 2.57.